The number of esters is 1. The Labute approximate surface area is 136 Å². The SMILES string of the molecule is CCOC(=O)CCN(C)C(=O)c1c(CC)nc2cc(C)ccn12. The molecule has 0 aromatic carbocycles. The first-order valence-corrected chi connectivity index (χ1v) is 7.86. The molecule has 0 radical (unpaired) electrons. The quantitative estimate of drug-likeness (QED) is 0.766. The van der Waals surface area contributed by atoms with E-state index < -0.39 is 0 Å². The van der Waals surface area contributed by atoms with Gasteiger partial charge in [0.05, 0.1) is 18.7 Å². The van der Waals surface area contributed by atoms with Crippen molar-refractivity contribution >= 4 is 17.5 Å². The molecule has 0 aliphatic heterocycles. The van der Waals surface area contributed by atoms with Gasteiger partial charge < -0.3 is 9.64 Å². The van der Waals surface area contributed by atoms with Crippen LogP contribution in [0.4, 0.5) is 0 Å². The van der Waals surface area contributed by atoms with E-state index in [2.05, 4.69) is 4.98 Å². The van der Waals surface area contributed by atoms with Gasteiger partial charge in [-0.3, -0.25) is 14.0 Å². The maximum absolute atomic E-state index is 12.8. The predicted octanol–water partition coefficient (Wildman–Crippen LogP) is 2.23. The van der Waals surface area contributed by atoms with Crippen molar-refractivity contribution in [1.82, 2.24) is 14.3 Å². The molecule has 0 aliphatic carbocycles. The number of rotatable bonds is 6. The topological polar surface area (TPSA) is 63.9 Å². The minimum Gasteiger partial charge on any atom is -0.466 e. The zero-order valence-corrected chi connectivity index (χ0v) is 14.1. The van der Waals surface area contributed by atoms with Crippen LogP contribution in [0.5, 0.6) is 0 Å². The van der Waals surface area contributed by atoms with E-state index in [1.54, 1.807) is 18.9 Å². The van der Waals surface area contributed by atoms with Crippen LogP contribution in [-0.4, -0.2) is 46.4 Å². The molecule has 6 nitrogen and oxygen atoms in total. The van der Waals surface area contributed by atoms with E-state index in [4.69, 9.17) is 4.74 Å². The number of hydrogen-bond donors (Lipinski definition) is 0. The average molecular weight is 317 g/mol. The lowest BCUT2D eigenvalue weighted by Gasteiger charge is -2.17. The zero-order valence-electron chi connectivity index (χ0n) is 14.1. The van der Waals surface area contributed by atoms with E-state index in [0.29, 0.717) is 25.3 Å². The number of carbonyl (C=O) groups excluding carboxylic acids is 2. The Kier molecular flexibility index (Phi) is 5.36. The zero-order chi connectivity index (χ0) is 17.0. The normalized spacial score (nSPS) is 10.8. The first kappa shape index (κ1) is 17.0. The van der Waals surface area contributed by atoms with E-state index in [-0.39, 0.29) is 18.3 Å². The van der Waals surface area contributed by atoms with E-state index in [1.165, 1.54) is 0 Å². The van der Waals surface area contributed by atoms with Gasteiger partial charge in [0.2, 0.25) is 0 Å². The minimum atomic E-state index is -0.295. The van der Waals surface area contributed by atoms with Gasteiger partial charge in [0.15, 0.2) is 0 Å². The predicted molar refractivity (Wildman–Crippen MR) is 87.5 cm³/mol. The molecule has 0 bridgehead atoms. The lowest BCUT2D eigenvalue weighted by atomic mass is 10.2. The molecule has 2 aromatic heterocycles. The maximum atomic E-state index is 12.8. The number of aromatic nitrogens is 2. The molecule has 2 heterocycles. The fourth-order valence-corrected chi connectivity index (χ4v) is 2.44. The van der Waals surface area contributed by atoms with Crippen molar-refractivity contribution in [1.29, 1.82) is 0 Å². The first-order chi connectivity index (χ1) is 11.0. The largest absolute Gasteiger partial charge is 0.466 e. The molecule has 2 rings (SSSR count). The Morgan fingerprint density at radius 3 is 2.74 bits per heavy atom. The summed E-state index contributed by atoms with van der Waals surface area (Å²) < 4.78 is 6.71. The van der Waals surface area contributed by atoms with Crippen molar-refractivity contribution in [3.63, 3.8) is 0 Å². The highest BCUT2D eigenvalue weighted by Crippen LogP contribution is 2.16. The number of nitrogens with zero attached hydrogens (tertiary/aromatic N) is 3. The number of imidazole rings is 1. The van der Waals surface area contributed by atoms with Gasteiger partial charge in [0.25, 0.3) is 5.91 Å². The summed E-state index contributed by atoms with van der Waals surface area (Å²) in [4.78, 5) is 30.3. The van der Waals surface area contributed by atoms with Crippen molar-refractivity contribution in [2.24, 2.45) is 0 Å². The summed E-state index contributed by atoms with van der Waals surface area (Å²) in [6.07, 6.45) is 2.73. The summed E-state index contributed by atoms with van der Waals surface area (Å²) in [5.74, 6) is -0.431. The van der Waals surface area contributed by atoms with Gasteiger partial charge in [0.1, 0.15) is 11.3 Å². The Bertz CT molecular complexity index is 721. The number of hydrogen-bond acceptors (Lipinski definition) is 4. The molecule has 124 valence electrons. The molecule has 0 saturated carbocycles. The van der Waals surface area contributed by atoms with E-state index in [0.717, 1.165) is 16.9 Å². The highest BCUT2D eigenvalue weighted by atomic mass is 16.5. The summed E-state index contributed by atoms with van der Waals surface area (Å²) in [6, 6.07) is 3.90. The second kappa shape index (κ2) is 7.26. The molecule has 6 heteroatoms. The molecule has 2 aromatic rings. The third-order valence-corrected chi connectivity index (χ3v) is 3.69. The van der Waals surface area contributed by atoms with Gasteiger partial charge in [-0.25, -0.2) is 4.98 Å². The standard InChI is InChI=1S/C17H23N3O3/c1-5-13-16(20-10-7-12(3)11-14(20)18-13)17(22)19(4)9-8-15(21)23-6-2/h7,10-11H,5-6,8-9H2,1-4H3. The summed E-state index contributed by atoms with van der Waals surface area (Å²) >= 11 is 0. The molecule has 0 saturated heterocycles. The number of carbonyl (C=O) groups is 2. The fraction of sp³-hybridized carbons (Fsp3) is 0.471. The third-order valence-electron chi connectivity index (χ3n) is 3.69. The Morgan fingerprint density at radius 2 is 2.09 bits per heavy atom. The van der Waals surface area contributed by atoms with Crippen LogP contribution in [0.3, 0.4) is 0 Å². The van der Waals surface area contributed by atoms with Gasteiger partial charge in [-0.2, -0.15) is 0 Å². The molecule has 0 atom stereocenters. The Morgan fingerprint density at radius 1 is 1.35 bits per heavy atom. The van der Waals surface area contributed by atoms with E-state index >= 15 is 0 Å². The molecule has 0 aliphatic rings. The molecule has 1 amide bonds. The summed E-state index contributed by atoms with van der Waals surface area (Å²) in [6.45, 7) is 6.40. The highest BCUT2D eigenvalue weighted by molar-refractivity contribution is 5.94. The summed E-state index contributed by atoms with van der Waals surface area (Å²) in [5, 5.41) is 0. The molecule has 0 N–H and O–H groups in total. The number of pyridine rings is 1. The van der Waals surface area contributed by atoms with Gasteiger partial charge in [-0.1, -0.05) is 6.92 Å². The second-order valence-electron chi connectivity index (χ2n) is 5.47. The molecule has 0 spiro atoms. The molecule has 0 unspecified atom stereocenters. The van der Waals surface area contributed by atoms with Crippen LogP contribution in [0, 0.1) is 6.92 Å². The van der Waals surface area contributed by atoms with Gasteiger partial charge in [0, 0.05) is 19.8 Å². The van der Waals surface area contributed by atoms with E-state index in [9.17, 15) is 9.59 Å². The minimum absolute atomic E-state index is 0.137. The van der Waals surface area contributed by atoms with Crippen LogP contribution in [-0.2, 0) is 16.0 Å². The van der Waals surface area contributed by atoms with Crippen LogP contribution in [0.1, 0.15) is 42.0 Å². The maximum Gasteiger partial charge on any atom is 0.307 e. The van der Waals surface area contributed by atoms with Crippen molar-refractivity contribution in [3.05, 3.63) is 35.3 Å². The van der Waals surface area contributed by atoms with Crippen molar-refractivity contribution in [2.75, 3.05) is 20.2 Å². The number of aryl methyl sites for hydroxylation is 2. The lowest BCUT2D eigenvalue weighted by molar-refractivity contribution is -0.143. The molecule has 23 heavy (non-hydrogen) atoms. The Balaban J connectivity index is 2.24. The fourth-order valence-electron chi connectivity index (χ4n) is 2.44. The van der Waals surface area contributed by atoms with Crippen LogP contribution in [0.2, 0.25) is 0 Å². The van der Waals surface area contributed by atoms with Gasteiger partial charge in [-0.15, -0.1) is 0 Å². The second-order valence-corrected chi connectivity index (χ2v) is 5.47. The number of ether oxygens (including phenoxy) is 1. The monoisotopic (exact) mass is 317 g/mol. The Hall–Kier alpha value is -2.37. The lowest BCUT2D eigenvalue weighted by Crippen LogP contribution is -2.31. The van der Waals surface area contributed by atoms with Crippen LogP contribution < -0.4 is 0 Å². The number of amides is 1. The van der Waals surface area contributed by atoms with Crippen LogP contribution in [0.15, 0.2) is 18.3 Å². The summed E-state index contributed by atoms with van der Waals surface area (Å²) in [7, 11) is 1.69. The van der Waals surface area contributed by atoms with Crippen molar-refractivity contribution in [2.45, 2.75) is 33.6 Å². The van der Waals surface area contributed by atoms with Crippen LogP contribution in [0.25, 0.3) is 5.65 Å². The third kappa shape index (κ3) is 3.70. The smallest absolute Gasteiger partial charge is 0.307 e. The van der Waals surface area contributed by atoms with Crippen LogP contribution >= 0.6 is 0 Å². The van der Waals surface area contributed by atoms with Crippen molar-refractivity contribution in [3.8, 4) is 0 Å². The summed E-state index contributed by atoms with van der Waals surface area (Å²) in [5.41, 5.74) is 3.20. The van der Waals surface area contributed by atoms with Gasteiger partial charge >= 0.3 is 5.97 Å². The molecule has 0 fully saturated rings. The number of fused-ring (bicyclic) bond motifs is 1. The van der Waals surface area contributed by atoms with Crippen molar-refractivity contribution < 1.29 is 14.3 Å². The average Bonchev–Trinajstić information content (AvgIpc) is 2.89. The molecular formula is C17H23N3O3. The highest BCUT2D eigenvalue weighted by Gasteiger charge is 2.22. The van der Waals surface area contributed by atoms with E-state index in [1.807, 2.05) is 36.6 Å². The molecular weight excluding hydrogens is 294 g/mol. The first-order valence-electron chi connectivity index (χ1n) is 7.86. The van der Waals surface area contributed by atoms with Gasteiger partial charge in [-0.05, 0) is 38.0 Å².